The average Bonchev–Trinajstić information content (AvgIpc) is 2.25. The summed E-state index contributed by atoms with van der Waals surface area (Å²) in [5.74, 6) is 2.87. The minimum Gasteiger partial charge on any atom is -0.359 e. The number of nitrogens with two attached hydrogens (primary N) is 1. The monoisotopic (exact) mass is 187 g/mol. The first-order chi connectivity index (χ1) is 6.93. The van der Waals surface area contributed by atoms with E-state index in [1.165, 1.54) is 24.8 Å². The summed E-state index contributed by atoms with van der Waals surface area (Å²) in [6.07, 6.45) is 5.76. The summed E-state index contributed by atoms with van der Waals surface area (Å²) in [7, 11) is 0. The normalized spacial score (nSPS) is 9.14. The quantitative estimate of drug-likeness (QED) is 0.428. The van der Waals surface area contributed by atoms with Crippen LogP contribution in [0.2, 0.25) is 0 Å². The topological polar surface area (TPSA) is 26.0 Å². The average molecular weight is 187 g/mol. The predicted octanol–water partition coefficient (Wildman–Crippen LogP) is 2.71. The van der Waals surface area contributed by atoms with Crippen LogP contribution in [0.3, 0.4) is 0 Å². The van der Waals surface area contributed by atoms with Gasteiger partial charge in [0.25, 0.3) is 0 Å². The largest absolute Gasteiger partial charge is 0.359 e. The third-order valence-electron chi connectivity index (χ3n) is 2.21. The number of unbranched alkanes of at least 4 members (excludes halogenated alkanes) is 3. The molecule has 0 heterocycles. The maximum Gasteiger partial charge on any atom is 0.0107 e. The van der Waals surface area contributed by atoms with Crippen LogP contribution >= 0.6 is 0 Å². The third-order valence-corrected chi connectivity index (χ3v) is 2.21. The van der Waals surface area contributed by atoms with E-state index in [0.29, 0.717) is 0 Å². The molecular formula is C13H17N. The van der Waals surface area contributed by atoms with Gasteiger partial charge in [-0.1, -0.05) is 42.7 Å². The van der Waals surface area contributed by atoms with Crippen LogP contribution in [0.25, 0.3) is 0 Å². The summed E-state index contributed by atoms with van der Waals surface area (Å²) >= 11 is 0. The van der Waals surface area contributed by atoms with Crippen LogP contribution in [0.15, 0.2) is 30.3 Å². The SMILES string of the molecule is NC#CCCCCCc1ccccc1. The Kier molecular flexibility index (Phi) is 5.35. The highest BCUT2D eigenvalue weighted by Gasteiger charge is 1.91. The molecule has 0 aliphatic rings. The van der Waals surface area contributed by atoms with Crippen LogP contribution in [0.5, 0.6) is 0 Å². The maximum absolute atomic E-state index is 5.07. The second-order valence-electron chi connectivity index (χ2n) is 3.37. The highest BCUT2D eigenvalue weighted by Crippen LogP contribution is 2.06. The number of rotatable bonds is 5. The molecule has 1 rings (SSSR count). The van der Waals surface area contributed by atoms with Crippen molar-refractivity contribution in [1.82, 2.24) is 0 Å². The highest BCUT2D eigenvalue weighted by atomic mass is 14.4. The lowest BCUT2D eigenvalue weighted by Crippen LogP contribution is -1.85. The molecule has 0 aliphatic heterocycles. The van der Waals surface area contributed by atoms with E-state index in [1.807, 2.05) is 0 Å². The van der Waals surface area contributed by atoms with Crippen LogP contribution < -0.4 is 5.73 Å². The Hall–Kier alpha value is -1.42. The van der Waals surface area contributed by atoms with E-state index in [4.69, 9.17) is 5.73 Å². The number of benzene rings is 1. The molecule has 2 N–H and O–H groups in total. The molecule has 0 fully saturated rings. The van der Waals surface area contributed by atoms with Gasteiger partial charge in [-0.05, 0) is 24.8 Å². The Morgan fingerprint density at radius 2 is 1.79 bits per heavy atom. The van der Waals surface area contributed by atoms with Crippen LogP contribution in [-0.2, 0) is 6.42 Å². The van der Waals surface area contributed by atoms with Crippen molar-refractivity contribution in [2.24, 2.45) is 5.73 Å². The molecule has 0 aromatic heterocycles. The molecule has 0 unspecified atom stereocenters. The predicted molar refractivity (Wildman–Crippen MR) is 60.6 cm³/mol. The fourth-order valence-corrected chi connectivity index (χ4v) is 1.44. The summed E-state index contributed by atoms with van der Waals surface area (Å²) < 4.78 is 0. The summed E-state index contributed by atoms with van der Waals surface area (Å²) in [5, 5.41) is 0. The molecule has 74 valence electrons. The molecule has 0 atom stereocenters. The van der Waals surface area contributed by atoms with E-state index in [9.17, 15) is 0 Å². The van der Waals surface area contributed by atoms with Crippen molar-refractivity contribution in [3.63, 3.8) is 0 Å². The van der Waals surface area contributed by atoms with Gasteiger partial charge in [-0.3, -0.25) is 0 Å². The highest BCUT2D eigenvalue weighted by molar-refractivity contribution is 5.14. The van der Waals surface area contributed by atoms with Crippen LogP contribution in [0, 0.1) is 12.0 Å². The molecule has 0 saturated heterocycles. The zero-order chi connectivity index (χ0) is 10.1. The van der Waals surface area contributed by atoms with Crippen molar-refractivity contribution in [3.05, 3.63) is 35.9 Å². The molecule has 0 radical (unpaired) electrons. The molecule has 14 heavy (non-hydrogen) atoms. The van der Waals surface area contributed by atoms with Crippen molar-refractivity contribution >= 4 is 0 Å². The fraction of sp³-hybridized carbons (Fsp3) is 0.385. The van der Waals surface area contributed by atoms with Crippen molar-refractivity contribution in [2.75, 3.05) is 0 Å². The molecule has 1 aromatic rings. The summed E-state index contributed by atoms with van der Waals surface area (Å²) in [6.45, 7) is 0. The van der Waals surface area contributed by atoms with Crippen molar-refractivity contribution < 1.29 is 0 Å². The van der Waals surface area contributed by atoms with Crippen molar-refractivity contribution in [1.29, 1.82) is 0 Å². The van der Waals surface area contributed by atoms with E-state index in [1.54, 1.807) is 0 Å². The van der Waals surface area contributed by atoms with Gasteiger partial charge in [0.15, 0.2) is 0 Å². The van der Waals surface area contributed by atoms with Gasteiger partial charge in [0.2, 0.25) is 0 Å². The van der Waals surface area contributed by atoms with E-state index >= 15 is 0 Å². The van der Waals surface area contributed by atoms with Gasteiger partial charge in [0.1, 0.15) is 0 Å². The smallest absolute Gasteiger partial charge is 0.0107 e. The molecule has 1 aromatic carbocycles. The lowest BCUT2D eigenvalue weighted by molar-refractivity contribution is 0.692. The molecule has 1 nitrogen and oxygen atoms in total. The van der Waals surface area contributed by atoms with Gasteiger partial charge in [0, 0.05) is 12.5 Å². The third kappa shape index (κ3) is 4.57. The van der Waals surface area contributed by atoms with Crippen molar-refractivity contribution in [2.45, 2.75) is 32.1 Å². The Bertz CT molecular complexity index is 292. The molecule has 0 saturated carbocycles. The lowest BCUT2D eigenvalue weighted by Gasteiger charge is -1.99. The maximum atomic E-state index is 5.07. The second-order valence-corrected chi connectivity index (χ2v) is 3.37. The Morgan fingerprint density at radius 3 is 2.50 bits per heavy atom. The lowest BCUT2D eigenvalue weighted by atomic mass is 10.1. The first-order valence-electron chi connectivity index (χ1n) is 5.16. The summed E-state index contributed by atoms with van der Waals surface area (Å²) in [5.41, 5.74) is 6.50. The summed E-state index contributed by atoms with van der Waals surface area (Å²) in [6, 6.07) is 13.0. The van der Waals surface area contributed by atoms with Gasteiger partial charge in [-0.15, -0.1) is 0 Å². The molecule has 0 spiro atoms. The number of hydrogen-bond donors (Lipinski definition) is 1. The Balaban J connectivity index is 2.06. The second kappa shape index (κ2) is 7.03. The molecule has 1 heteroatoms. The standard InChI is InChI=1S/C13H17N/c14-12-8-3-1-2-5-9-13-10-6-4-7-11-13/h4,6-7,10-11H,1-3,5,9,14H2. The van der Waals surface area contributed by atoms with Gasteiger partial charge in [-0.2, -0.15) is 0 Å². The molecule has 0 bridgehead atoms. The minimum atomic E-state index is 0.936. The zero-order valence-corrected chi connectivity index (χ0v) is 8.50. The van der Waals surface area contributed by atoms with E-state index in [0.717, 1.165) is 12.8 Å². The first-order valence-corrected chi connectivity index (χ1v) is 5.16. The number of hydrogen-bond acceptors (Lipinski definition) is 1. The Labute approximate surface area is 86.3 Å². The fourth-order valence-electron chi connectivity index (χ4n) is 1.44. The van der Waals surface area contributed by atoms with E-state index in [2.05, 4.69) is 42.3 Å². The van der Waals surface area contributed by atoms with Gasteiger partial charge in [-0.25, -0.2) is 0 Å². The van der Waals surface area contributed by atoms with Crippen molar-refractivity contribution in [3.8, 4) is 12.0 Å². The first kappa shape index (κ1) is 10.7. The van der Waals surface area contributed by atoms with Gasteiger partial charge in [0.05, 0.1) is 0 Å². The Morgan fingerprint density at radius 1 is 1.00 bits per heavy atom. The molecule has 0 aliphatic carbocycles. The van der Waals surface area contributed by atoms with Crippen LogP contribution in [0.4, 0.5) is 0 Å². The molecular weight excluding hydrogens is 170 g/mol. The number of aryl methyl sites for hydroxylation is 1. The van der Waals surface area contributed by atoms with E-state index in [-0.39, 0.29) is 0 Å². The summed E-state index contributed by atoms with van der Waals surface area (Å²) in [4.78, 5) is 0. The van der Waals surface area contributed by atoms with E-state index < -0.39 is 0 Å². The van der Waals surface area contributed by atoms with Gasteiger partial charge >= 0.3 is 0 Å². The van der Waals surface area contributed by atoms with Crippen LogP contribution in [0.1, 0.15) is 31.2 Å². The van der Waals surface area contributed by atoms with Gasteiger partial charge < -0.3 is 5.73 Å². The van der Waals surface area contributed by atoms with Crippen LogP contribution in [-0.4, -0.2) is 0 Å². The minimum absolute atomic E-state index is 0.936. The molecule has 0 amide bonds. The zero-order valence-electron chi connectivity index (χ0n) is 8.50.